The van der Waals surface area contributed by atoms with Gasteiger partial charge in [0.15, 0.2) is 0 Å². The van der Waals surface area contributed by atoms with Crippen LogP contribution in [0.25, 0.3) is 0 Å². The molecule has 0 aliphatic heterocycles. The van der Waals surface area contributed by atoms with Gasteiger partial charge in [-0.25, -0.2) is 0 Å². The lowest BCUT2D eigenvalue weighted by Crippen LogP contribution is -2.16. The lowest BCUT2D eigenvalue weighted by atomic mass is 9.90. The van der Waals surface area contributed by atoms with Crippen LogP contribution in [0.3, 0.4) is 0 Å². The maximum Gasteiger partial charge on any atom is 0.306 e. The van der Waals surface area contributed by atoms with Gasteiger partial charge in [0.1, 0.15) is 6.61 Å². The molecule has 0 atom stereocenters. The molecule has 4 nitrogen and oxygen atoms in total. The number of carbonyl (C=O) groups excluding carboxylic acids is 2. The molecule has 1 aromatic rings. The van der Waals surface area contributed by atoms with Gasteiger partial charge in [-0.1, -0.05) is 43.0 Å². The second-order valence-electron chi connectivity index (χ2n) is 6.33. The smallest absolute Gasteiger partial charge is 0.306 e. The third kappa shape index (κ3) is 7.35. The van der Waals surface area contributed by atoms with Crippen LogP contribution in [0.5, 0.6) is 0 Å². The highest BCUT2D eigenvalue weighted by Crippen LogP contribution is 2.23. The van der Waals surface area contributed by atoms with Crippen LogP contribution in [0.2, 0.25) is 5.02 Å². The molecule has 0 N–H and O–H groups in total. The van der Waals surface area contributed by atoms with Crippen molar-refractivity contribution in [3.05, 3.63) is 34.9 Å². The number of benzene rings is 1. The Hall–Kier alpha value is -1.55. The normalized spacial score (nSPS) is 15.0. The zero-order valence-electron chi connectivity index (χ0n) is 14.0. The van der Waals surface area contributed by atoms with Gasteiger partial charge in [-0.05, 0) is 42.9 Å². The number of rotatable bonds is 8. The topological polar surface area (TPSA) is 52.6 Å². The summed E-state index contributed by atoms with van der Waals surface area (Å²) in [5, 5.41) is 0.650. The Morgan fingerprint density at radius 3 is 2.25 bits per heavy atom. The van der Waals surface area contributed by atoms with Crippen molar-refractivity contribution in [2.45, 2.75) is 58.0 Å². The van der Waals surface area contributed by atoms with Gasteiger partial charge in [0.2, 0.25) is 0 Å². The van der Waals surface area contributed by atoms with Crippen LogP contribution in [-0.4, -0.2) is 18.5 Å². The molecule has 0 spiro atoms. The van der Waals surface area contributed by atoms with Crippen LogP contribution in [0, 0.1) is 5.92 Å². The largest absolute Gasteiger partial charge is 0.465 e. The fourth-order valence-electron chi connectivity index (χ4n) is 2.83. The number of halogens is 1. The van der Waals surface area contributed by atoms with Gasteiger partial charge >= 0.3 is 11.9 Å². The van der Waals surface area contributed by atoms with Gasteiger partial charge in [-0.2, -0.15) is 0 Å². The molecule has 0 bridgehead atoms. The van der Waals surface area contributed by atoms with E-state index in [1.807, 2.05) is 12.1 Å². The summed E-state index contributed by atoms with van der Waals surface area (Å²) >= 11 is 5.80. The first-order valence-corrected chi connectivity index (χ1v) is 9.07. The average Bonchev–Trinajstić information content (AvgIpc) is 2.60. The minimum atomic E-state index is -0.301. The summed E-state index contributed by atoms with van der Waals surface area (Å²) in [4.78, 5) is 23.4. The molecule has 0 saturated heterocycles. The lowest BCUT2D eigenvalue weighted by molar-refractivity contribution is -0.147. The van der Waals surface area contributed by atoms with Crippen molar-refractivity contribution in [1.82, 2.24) is 0 Å². The third-order valence-corrected chi connectivity index (χ3v) is 4.53. The van der Waals surface area contributed by atoms with E-state index in [-0.39, 0.29) is 31.4 Å². The van der Waals surface area contributed by atoms with E-state index in [2.05, 4.69) is 0 Å². The lowest BCUT2D eigenvalue weighted by Gasteiger charge is -2.20. The van der Waals surface area contributed by atoms with E-state index in [9.17, 15) is 9.59 Å². The van der Waals surface area contributed by atoms with Gasteiger partial charge in [-0.3, -0.25) is 9.59 Å². The number of carbonyl (C=O) groups is 2. The van der Waals surface area contributed by atoms with Crippen molar-refractivity contribution in [1.29, 1.82) is 0 Å². The van der Waals surface area contributed by atoms with Gasteiger partial charge in [0.25, 0.3) is 0 Å². The number of hydrogen-bond acceptors (Lipinski definition) is 4. The van der Waals surface area contributed by atoms with Gasteiger partial charge < -0.3 is 9.47 Å². The molecule has 0 heterocycles. The molecule has 0 aromatic heterocycles. The molecule has 1 aromatic carbocycles. The molecule has 2 rings (SSSR count). The maximum atomic E-state index is 11.7. The van der Waals surface area contributed by atoms with Crippen LogP contribution < -0.4 is 0 Å². The van der Waals surface area contributed by atoms with Crippen molar-refractivity contribution in [2.75, 3.05) is 6.61 Å². The van der Waals surface area contributed by atoms with Crippen molar-refractivity contribution < 1.29 is 19.1 Å². The first-order chi connectivity index (χ1) is 11.6. The van der Waals surface area contributed by atoms with Gasteiger partial charge in [-0.15, -0.1) is 0 Å². The Morgan fingerprint density at radius 1 is 0.958 bits per heavy atom. The van der Waals surface area contributed by atoms with Crippen LogP contribution in [-0.2, 0) is 25.7 Å². The van der Waals surface area contributed by atoms with E-state index < -0.39 is 0 Å². The van der Waals surface area contributed by atoms with Crippen molar-refractivity contribution in [3.8, 4) is 0 Å². The van der Waals surface area contributed by atoms with Gasteiger partial charge in [0, 0.05) is 17.9 Å². The molecule has 1 fully saturated rings. The fourth-order valence-corrected chi connectivity index (χ4v) is 2.96. The quantitative estimate of drug-likeness (QED) is 0.637. The first kappa shape index (κ1) is 18.8. The van der Waals surface area contributed by atoms with Crippen LogP contribution in [0.1, 0.15) is 56.9 Å². The van der Waals surface area contributed by atoms with Crippen molar-refractivity contribution >= 4 is 23.5 Å². The van der Waals surface area contributed by atoms with Crippen molar-refractivity contribution in [3.63, 3.8) is 0 Å². The molecule has 5 heteroatoms. The number of hydrogen-bond donors (Lipinski definition) is 0. The first-order valence-electron chi connectivity index (χ1n) is 8.69. The van der Waals surface area contributed by atoms with Gasteiger partial charge in [0.05, 0.1) is 6.61 Å². The molecule has 1 saturated carbocycles. The maximum absolute atomic E-state index is 11.7. The second-order valence-corrected chi connectivity index (χ2v) is 6.76. The fraction of sp³-hybridized carbons (Fsp3) is 0.579. The number of esters is 2. The van der Waals surface area contributed by atoms with E-state index in [1.165, 1.54) is 19.3 Å². The Morgan fingerprint density at radius 2 is 1.58 bits per heavy atom. The third-order valence-electron chi connectivity index (χ3n) is 4.28. The monoisotopic (exact) mass is 352 g/mol. The molecule has 1 aliphatic carbocycles. The summed E-state index contributed by atoms with van der Waals surface area (Å²) < 4.78 is 10.5. The van der Waals surface area contributed by atoms with E-state index in [4.69, 9.17) is 21.1 Å². The highest BCUT2D eigenvalue weighted by molar-refractivity contribution is 6.30. The minimum absolute atomic E-state index is 0.217. The van der Waals surface area contributed by atoms with Crippen LogP contribution in [0.4, 0.5) is 0 Å². The summed E-state index contributed by atoms with van der Waals surface area (Å²) in [6.07, 6.45) is 7.04. The summed E-state index contributed by atoms with van der Waals surface area (Å²) in [5.41, 5.74) is 0.889. The zero-order valence-corrected chi connectivity index (χ0v) is 14.7. The summed E-state index contributed by atoms with van der Waals surface area (Å²) in [5.74, 6) is 0.00291. The Balaban J connectivity index is 1.53. The summed E-state index contributed by atoms with van der Waals surface area (Å²) in [6.45, 7) is 0.752. The molecule has 0 radical (unpaired) electrons. The predicted octanol–water partition coefficient (Wildman–Crippen LogP) is 4.68. The molecule has 1 aliphatic rings. The average molecular weight is 353 g/mol. The van der Waals surface area contributed by atoms with Crippen molar-refractivity contribution in [2.24, 2.45) is 5.92 Å². The zero-order chi connectivity index (χ0) is 17.2. The Bertz CT molecular complexity index is 521. The van der Waals surface area contributed by atoms with E-state index in [0.717, 1.165) is 18.4 Å². The predicted molar refractivity (Wildman–Crippen MR) is 92.6 cm³/mol. The highest BCUT2D eigenvalue weighted by atomic mass is 35.5. The minimum Gasteiger partial charge on any atom is -0.465 e. The van der Waals surface area contributed by atoms with Crippen LogP contribution in [0.15, 0.2) is 24.3 Å². The molecule has 24 heavy (non-hydrogen) atoms. The van der Waals surface area contributed by atoms with E-state index in [1.54, 1.807) is 12.1 Å². The second kappa shape index (κ2) is 10.3. The standard InChI is InChI=1S/C19H25ClO4/c20-17-11-9-16(10-12-17)14-24-19(22)8-4-7-18(21)23-13-15-5-2-1-3-6-15/h9-12,15H,1-8,13-14H2. The summed E-state index contributed by atoms with van der Waals surface area (Å²) in [7, 11) is 0. The van der Waals surface area contributed by atoms with Crippen LogP contribution >= 0.6 is 11.6 Å². The SMILES string of the molecule is O=C(CCCC(=O)OCC1CCCCC1)OCc1ccc(Cl)cc1. The van der Waals surface area contributed by atoms with E-state index in [0.29, 0.717) is 24.0 Å². The molecular formula is C19H25ClO4. The molecule has 0 amide bonds. The molecule has 0 unspecified atom stereocenters. The summed E-state index contributed by atoms with van der Waals surface area (Å²) in [6, 6.07) is 7.15. The van der Waals surface area contributed by atoms with E-state index >= 15 is 0 Å². The highest BCUT2D eigenvalue weighted by Gasteiger charge is 2.15. The molecule has 132 valence electrons. The Kier molecular flexibility index (Phi) is 8.10. The molecular weight excluding hydrogens is 328 g/mol. The Labute approximate surface area is 148 Å². The number of ether oxygens (including phenoxy) is 2.